The third kappa shape index (κ3) is 5.22. The summed E-state index contributed by atoms with van der Waals surface area (Å²) in [6, 6.07) is 15.6. The van der Waals surface area contributed by atoms with E-state index in [2.05, 4.69) is 87.4 Å². The molecule has 0 saturated heterocycles. The van der Waals surface area contributed by atoms with Crippen LogP contribution in [0, 0.1) is 0 Å². The maximum Gasteiger partial charge on any atom is 0.0461 e. The van der Waals surface area contributed by atoms with E-state index >= 15 is 0 Å². The third-order valence-corrected chi connectivity index (χ3v) is 5.95. The lowest BCUT2D eigenvalue weighted by molar-refractivity contribution is 0.706. The van der Waals surface area contributed by atoms with Crippen molar-refractivity contribution >= 4 is 25.3 Å². The first-order valence-electron chi connectivity index (χ1n) is 9.37. The Labute approximate surface area is 156 Å². The molecular formula is C22H33N2P. The van der Waals surface area contributed by atoms with Crippen LogP contribution in [0.3, 0.4) is 0 Å². The summed E-state index contributed by atoms with van der Waals surface area (Å²) in [7, 11) is 9.41. The fraction of sp³-hybridized carbons (Fsp3) is 0.455. The molecule has 0 radical (unpaired) electrons. The van der Waals surface area contributed by atoms with Crippen molar-refractivity contribution in [2.75, 3.05) is 44.2 Å². The van der Waals surface area contributed by atoms with E-state index < -0.39 is 0 Å². The smallest absolute Gasteiger partial charge is 0.0461 e. The third-order valence-electron chi connectivity index (χ3n) is 4.53. The summed E-state index contributed by atoms with van der Waals surface area (Å²) in [5.74, 6) is 0. The van der Waals surface area contributed by atoms with E-state index in [0.29, 0.717) is 0 Å². The Kier molecular flexibility index (Phi) is 7.78. The molecule has 2 aromatic rings. The number of nitrogens with zero attached hydrogens (tertiary/aromatic N) is 2. The first kappa shape index (κ1) is 19.8. The lowest BCUT2D eigenvalue weighted by Gasteiger charge is -2.25. The zero-order valence-corrected chi connectivity index (χ0v) is 17.5. The molecule has 1 unspecified atom stereocenters. The molecule has 25 heavy (non-hydrogen) atoms. The van der Waals surface area contributed by atoms with Gasteiger partial charge in [0.15, 0.2) is 0 Å². The van der Waals surface area contributed by atoms with Crippen LogP contribution in [0.25, 0.3) is 11.1 Å². The first-order chi connectivity index (χ1) is 12.1. The highest BCUT2D eigenvalue weighted by Crippen LogP contribution is 2.38. The Morgan fingerprint density at radius 3 is 2.00 bits per heavy atom. The van der Waals surface area contributed by atoms with E-state index in [-0.39, 0.29) is 0 Å². The monoisotopic (exact) mass is 356 g/mol. The molecule has 2 nitrogen and oxygen atoms in total. The fourth-order valence-electron chi connectivity index (χ4n) is 3.18. The van der Waals surface area contributed by atoms with E-state index in [0.717, 1.165) is 8.58 Å². The maximum atomic E-state index is 2.32. The van der Waals surface area contributed by atoms with Crippen molar-refractivity contribution in [1.82, 2.24) is 0 Å². The Morgan fingerprint density at radius 1 is 0.760 bits per heavy atom. The molecule has 0 heterocycles. The molecule has 0 aliphatic carbocycles. The minimum absolute atomic E-state index is 0.883. The summed E-state index contributed by atoms with van der Waals surface area (Å²) in [4.78, 5) is 4.45. The molecule has 0 N–H and O–H groups in total. The molecule has 136 valence electrons. The van der Waals surface area contributed by atoms with Gasteiger partial charge in [-0.25, -0.2) is 0 Å². The van der Waals surface area contributed by atoms with Crippen LogP contribution in [0.1, 0.15) is 32.6 Å². The largest absolute Gasteiger partial charge is 0.377 e. The molecule has 0 aliphatic rings. The summed E-state index contributed by atoms with van der Waals surface area (Å²) in [5, 5.41) is 1.50. The molecule has 2 rings (SSSR count). The Hall–Kier alpha value is -1.53. The molecule has 0 fully saturated rings. The van der Waals surface area contributed by atoms with Crippen molar-refractivity contribution in [2.45, 2.75) is 32.6 Å². The van der Waals surface area contributed by atoms with Crippen LogP contribution in [-0.4, -0.2) is 34.4 Å². The first-order valence-corrected chi connectivity index (χ1v) is 10.6. The van der Waals surface area contributed by atoms with Crippen LogP contribution in [0.5, 0.6) is 0 Å². The van der Waals surface area contributed by atoms with Crippen LogP contribution in [0.15, 0.2) is 42.5 Å². The van der Waals surface area contributed by atoms with E-state index in [9.17, 15) is 0 Å². The van der Waals surface area contributed by atoms with Gasteiger partial charge in [0.2, 0.25) is 0 Å². The van der Waals surface area contributed by atoms with Gasteiger partial charge in [0.1, 0.15) is 0 Å². The van der Waals surface area contributed by atoms with E-state index in [4.69, 9.17) is 0 Å². The van der Waals surface area contributed by atoms with Crippen molar-refractivity contribution in [1.29, 1.82) is 0 Å². The number of unbranched alkanes of at least 4 members (excludes halogenated alkanes) is 3. The molecule has 0 aromatic heterocycles. The normalized spacial score (nSPS) is 11.2. The van der Waals surface area contributed by atoms with Crippen LogP contribution < -0.4 is 15.1 Å². The molecule has 0 saturated carbocycles. The van der Waals surface area contributed by atoms with Crippen molar-refractivity contribution in [2.24, 2.45) is 0 Å². The van der Waals surface area contributed by atoms with Crippen molar-refractivity contribution in [3.8, 4) is 11.1 Å². The molecule has 0 aliphatic heterocycles. The van der Waals surface area contributed by atoms with Crippen molar-refractivity contribution in [3.63, 3.8) is 0 Å². The second kappa shape index (κ2) is 9.82. The molecule has 3 heteroatoms. The molecule has 2 aromatic carbocycles. The van der Waals surface area contributed by atoms with Gasteiger partial charge < -0.3 is 9.80 Å². The Morgan fingerprint density at radius 2 is 1.40 bits per heavy atom. The highest BCUT2D eigenvalue weighted by molar-refractivity contribution is 7.47. The molecule has 0 amide bonds. The average Bonchev–Trinajstić information content (AvgIpc) is 2.61. The predicted molar refractivity (Wildman–Crippen MR) is 117 cm³/mol. The lowest BCUT2D eigenvalue weighted by Crippen LogP contribution is -2.16. The molecule has 0 spiro atoms. The van der Waals surface area contributed by atoms with E-state index in [1.54, 1.807) is 0 Å². The average molecular weight is 356 g/mol. The van der Waals surface area contributed by atoms with Crippen LogP contribution in [0.4, 0.5) is 11.4 Å². The summed E-state index contributed by atoms with van der Waals surface area (Å²) in [6.07, 6.45) is 6.68. The second-order valence-corrected chi connectivity index (χ2v) is 8.39. The van der Waals surface area contributed by atoms with Gasteiger partial charge in [-0.2, -0.15) is 0 Å². The molecular weight excluding hydrogens is 323 g/mol. The number of rotatable bonds is 9. The van der Waals surface area contributed by atoms with Crippen molar-refractivity contribution < 1.29 is 0 Å². The zero-order valence-electron chi connectivity index (χ0n) is 16.5. The SMILES string of the molecule is CCCCCCPc1ccccc1-c1c(N(C)C)cccc1N(C)C. The fourth-order valence-corrected chi connectivity index (χ4v) is 4.49. The number of benzene rings is 2. The molecule has 1 atom stereocenters. The van der Waals surface area contributed by atoms with E-state index in [1.165, 1.54) is 59.7 Å². The quantitative estimate of drug-likeness (QED) is 0.440. The minimum atomic E-state index is 0.883. The highest BCUT2D eigenvalue weighted by Gasteiger charge is 2.16. The van der Waals surface area contributed by atoms with Crippen LogP contribution in [-0.2, 0) is 0 Å². The second-order valence-electron chi connectivity index (χ2n) is 6.99. The number of hydrogen-bond acceptors (Lipinski definition) is 2. The van der Waals surface area contributed by atoms with Crippen molar-refractivity contribution in [3.05, 3.63) is 42.5 Å². The summed E-state index contributed by atoms with van der Waals surface area (Å²) < 4.78 is 0. The van der Waals surface area contributed by atoms with Gasteiger partial charge in [-0.05, 0) is 35.6 Å². The topological polar surface area (TPSA) is 6.48 Å². The van der Waals surface area contributed by atoms with Crippen LogP contribution in [0.2, 0.25) is 0 Å². The zero-order chi connectivity index (χ0) is 18.2. The maximum absolute atomic E-state index is 2.32. The summed E-state index contributed by atoms with van der Waals surface area (Å²) in [5.41, 5.74) is 5.32. The predicted octanol–water partition coefficient (Wildman–Crippen LogP) is 5.37. The summed E-state index contributed by atoms with van der Waals surface area (Å²) in [6.45, 7) is 2.28. The highest BCUT2D eigenvalue weighted by atomic mass is 31.1. The van der Waals surface area contributed by atoms with Gasteiger partial charge in [-0.1, -0.05) is 65.1 Å². The van der Waals surface area contributed by atoms with Gasteiger partial charge in [-0.3, -0.25) is 0 Å². The van der Waals surface area contributed by atoms with E-state index in [1.807, 2.05) is 0 Å². The standard InChI is InChI=1S/C22H33N2P/c1-6-7-8-11-17-25-21-16-10-9-13-18(21)22-19(23(2)3)14-12-15-20(22)24(4)5/h9-10,12-16,25H,6-8,11,17H2,1-5H3. The Bertz CT molecular complexity index is 639. The van der Waals surface area contributed by atoms with Gasteiger partial charge in [0.25, 0.3) is 0 Å². The minimum Gasteiger partial charge on any atom is -0.377 e. The van der Waals surface area contributed by atoms with Crippen LogP contribution >= 0.6 is 8.58 Å². The molecule has 0 bridgehead atoms. The van der Waals surface area contributed by atoms with Gasteiger partial charge in [0, 0.05) is 45.1 Å². The van der Waals surface area contributed by atoms with Gasteiger partial charge >= 0.3 is 0 Å². The number of anilines is 2. The Balaban J connectivity index is 2.38. The van der Waals surface area contributed by atoms with Gasteiger partial charge in [0.05, 0.1) is 0 Å². The lowest BCUT2D eigenvalue weighted by atomic mass is 10.00. The summed E-state index contributed by atoms with van der Waals surface area (Å²) >= 11 is 0. The van der Waals surface area contributed by atoms with Gasteiger partial charge in [-0.15, -0.1) is 0 Å². The number of hydrogen-bond donors (Lipinski definition) is 0.